The summed E-state index contributed by atoms with van der Waals surface area (Å²) in [5.74, 6) is 1.26. The van der Waals surface area contributed by atoms with Gasteiger partial charge in [-0.25, -0.2) is 0 Å². The van der Waals surface area contributed by atoms with E-state index in [1.54, 1.807) is 0 Å². The number of hydrogen-bond acceptors (Lipinski definition) is 4. The minimum Gasteiger partial charge on any atom is -0.493 e. The van der Waals surface area contributed by atoms with Gasteiger partial charge in [0.25, 0.3) is 0 Å². The molecule has 0 radical (unpaired) electrons. The highest BCUT2D eigenvalue weighted by molar-refractivity contribution is 6.32. The van der Waals surface area contributed by atoms with Crippen molar-refractivity contribution in [3.05, 3.63) is 28.3 Å². The Morgan fingerprint density at radius 2 is 1.66 bits per heavy atom. The third-order valence-corrected chi connectivity index (χ3v) is 8.82. The number of halogens is 1. The molecule has 0 unspecified atom stereocenters. The molecule has 3 aliphatic rings. The van der Waals surface area contributed by atoms with Gasteiger partial charge in [0.2, 0.25) is 11.8 Å². The number of rotatable bonds is 6. The van der Waals surface area contributed by atoms with Gasteiger partial charge in [0.15, 0.2) is 0 Å². The highest BCUT2D eigenvalue weighted by Crippen LogP contribution is 2.38. The molecule has 1 N–H and O–H groups in total. The van der Waals surface area contributed by atoms with E-state index in [4.69, 9.17) is 16.3 Å². The predicted molar refractivity (Wildman–Crippen MR) is 138 cm³/mol. The fraction of sp³-hybridized carbons (Fsp3) is 0.714. The largest absolute Gasteiger partial charge is 0.493 e. The van der Waals surface area contributed by atoms with Crippen LogP contribution in [0.2, 0.25) is 5.02 Å². The van der Waals surface area contributed by atoms with Gasteiger partial charge in [-0.05, 0) is 75.6 Å². The van der Waals surface area contributed by atoms with Gasteiger partial charge >= 0.3 is 0 Å². The molecule has 7 heteroatoms. The first-order valence-corrected chi connectivity index (χ1v) is 13.8. The zero-order chi connectivity index (χ0) is 25.0. The number of nitrogens with zero attached hydrogens (tertiary/aromatic N) is 2. The van der Waals surface area contributed by atoms with E-state index in [1.807, 2.05) is 35.8 Å². The van der Waals surface area contributed by atoms with E-state index < -0.39 is 5.41 Å². The van der Waals surface area contributed by atoms with E-state index in [-0.39, 0.29) is 23.8 Å². The van der Waals surface area contributed by atoms with Crippen LogP contribution in [0.25, 0.3) is 0 Å². The standard InChI is InChI=1S/C28H41ClN2O4/c1-20-15-24(16-21(2)26(20)29)35-19-28(17-25(33)30-13-9-23(32)10-14-30)11-6-12-31(18-28)27(34)22-7-4-3-5-8-22/h15-16,22-23,32H,3-14,17-19H2,1-2H3/t28-/m0/s1. The van der Waals surface area contributed by atoms with Gasteiger partial charge in [0, 0.05) is 49.0 Å². The number of likely N-dealkylation sites (tertiary alicyclic amines) is 2. The first-order valence-electron chi connectivity index (χ1n) is 13.4. The smallest absolute Gasteiger partial charge is 0.225 e. The Balaban J connectivity index is 1.51. The topological polar surface area (TPSA) is 70.1 Å². The number of piperidine rings is 2. The van der Waals surface area contributed by atoms with Crippen LogP contribution in [0.3, 0.4) is 0 Å². The summed E-state index contributed by atoms with van der Waals surface area (Å²) in [6, 6.07) is 3.90. The lowest BCUT2D eigenvalue weighted by atomic mass is 9.76. The summed E-state index contributed by atoms with van der Waals surface area (Å²) in [7, 11) is 0. The molecule has 2 saturated heterocycles. The molecule has 3 fully saturated rings. The van der Waals surface area contributed by atoms with Gasteiger partial charge in [0.1, 0.15) is 5.75 Å². The van der Waals surface area contributed by atoms with Crippen molar-refractivity contribution >= 4 is 23.4 Å². The number of carbonyl (C=O) groups excluding carboxylic acids is 2. The molecule has 35 heavy (non-hydrogen) atoms. The van der Waals surface area contributed by atoms with Crippen LogP contribution in [0.1, 0.15) is 75.3 Å². The number of hydrogen-bond donors (Lipinski definition) is 1. The lowest BCUT2D eigenvalue weighted by Gasteiger charge is -2.44. The summed E-state index contributed by atoms with van der Waals surface area (Å²) in [6.07, 6.45) is 8.50. The van der Waals surface area contributed by atoms with Crippen LogP contribution in [0.5, 0.6) is 5.75 Å². The molecule has 1 aromatic rings. The highest BCUT2D eigenvalue weighted by Gasteiger charge is 2.42. The molecule has 6 nitrogen and oxygen atoms in total. The van der Waals surface area contributed by atoms with Crippen LogP contribution >= 0.6 is 11.6 Å². The van der Waals surface area contributed by atoms with E-state index in [9.17, 15) is 14.7 Å². The number of aliphatic hydroxyl groups is 1. The molecule has 1 aliphatic carbocycles. The van der Waals surface area contributed by atoms with Crippen LogP contribution in [0, 0.1) is 25.2 Å². The second kappa shape index (κ2) is 11.5. The first kappa shape index (κ1) is 26.3. The maximum Gasteiger partial charge on any atom is 0.225 e. The van der Waals surface area contributed by atoms with Crippen molar-refractivity contribution in [1.82, 2.24) is 9.80 Å². The summed E-state index contributed by atoms with van der Waals surface area (Å²) in [4.78, 5) is 30.7. The minimum atomic E-state index is -0.419. The number of ether oxygens (including phenoxy) is 1. The molecule has 1 saturated carbocycles. The van der Waals surface area contributed by atoms with Crippen molar-refractivity contribution in [2.45, 2.75) is 84.2 Å². The second-order valence-corrected chi connectivity index (χ2v) is 11.5. The molecule has 194 valence electrons. The maximum absolute atomic E-state index is 13.4. The van der Waals surface area contributed by atoms with Crippen LogP contribution in [0.4, 0.5) is 0 Å². The number of amides is 2. The van der Waals surface area contributed by atoms with Crippen molar-refractivity contribution in [2.75, 3.05) is 32.8 Å². The summed E-state index contributed by atoms with van der Waals surface area (Å²) >= 11 is 6.35. The summed E-state index contributed by atoms with van der Waals surface area (Å²) in [6.45, 7) is 6.85. The van der Waals surface area contributed by atoms with Crippen molar-refractivity contribution in [2.24, 2.45) is 11.3 Å². The lowest BCUT2D eigenvalue weighted by Crippen LogP contribution is -2.53. The predicted octanol–water partition coefficient (Wildman–Crippen LogP) is 4.90. The van der Waals surface area contributed by atoms with Crippen molar-refractivity contribution < 1.29 is 19.4 Å². The fourth-order valence-electron chi connectivity index (χ4n) is 6.09. The number of aliphatic hydroxyl groups excluding tert-OH is 1. The third kappa shape index (κ3) is 6.51. The average Bonchev–Trinajstić information content (AvgIpc) is 2.86. The van der Waals surface area contributed by atoms with E-state index in [0.29, 0.717) is 45.5 Å². The highest BCUT2D eigenvalue weighted by atomic mass is 35.5. The Kier molecular flexibility index (Phi) is 8.64. The van der Waals surface area contributed by atoms with Crippen LogP contribution in [0.15, 0.2) is 12.1 Å². The molecule has 1 atom stereocenters. The van der Waals surface area contributed by atoms with E-state index in [0.717, 1.165) is 67.0 Å². The Labute approximate surface area is 214 Å². The quantitative estimate of drug-likeness (QED) is 0.598. The number of carbonyl (C=O) groups is 2. The molecular weight excluding hydrogens is 464 g/mol. The van der Waals surface area contributed by atoms with Crippen molar-refractivity contribution in [1.29, 1.82) is 0 Å². The Hall–Kier alpha value is -1.79. The minimum absolute atomic E-state index is 0.107. The molecule has 2 heterocycles. The molecule has 4 rings (SSSR count). The Bertz CT molecular complexity index is 885. The van der Waals surface area contributed by atoms with Gasteiger partial charge in [-0.2, -0.15) is 0 Å². The SMILES string of the molecule is Cc1cc(OC[C@]2(CC(=O)N3CCC(O)CC3)CCCN(C(=O)C3CCCCC3)C2)cc(C)c1Cl. The summed E-state index contributed by atoms with van der Waals surface area (Å²) in [5, 5.41) is 10.6. The summed E-state index contributed by atoms with van der Waals surface area (Å²) < 4.78 is 6.34. The molecule has 2 aliphatic heterocycles. The molecule has 0 bridgehead atoms. The third-order valence-electron chi connectivity index (χ3n) is 8.23. The van der Waals surface area contributed by atoms with Crippen molar-refractivity contribution in [3.63, 3.8) is 0 Å². The zero-order valence-corrected chi connectivity index (χ0v) is 22.1. The normalized spacial score (nSPS) is 24.5. The number of aryl methyl sites for hydroxylation is 2. The fourth-order valence-corrected chi connectivity index (χ4v) is 6.20. The van der Waals surface area contributed by atoms with Gasteiger partial charge in [0.05, 0.1) is 12.7 Å². The van der Waals surface area contributed by atoms with E-state index >= 15 is 0 Å². The molecule has 0 aromatic heterocycles. The van der Waals surface area contributed by atoms with Gasteiger partial charge in [-0.3, -0.25) is 9.59 Å². The maximum atomic E-state index is 13.4. The molecule has 2 amide bonds. The van der Waals surface area contributed by atoms with Crippen LogP contribution < -0.4 is 4.74 Å². The molecule has 0 spiro atoms. The summed E-state index contributed by atoms with van der Waals surface area (Å²) in [5.41, 5.74) is 1.52. The van der Waals surface area contributed by atoms with Gasteiger partial charge in [-0.15, -0.1) is 0 Å². The van der Waals surface area contributed by atoms with E-state index in [2.05, 4.69) is 0 Å². The monoisotopic (exact) mass is 504 g/mol. The number of benzene rings is 1. The van der Waals surface area contributed by atoms with Crippen LogP contribution in [-0.2, 0) is 9.59 Å². The second-order valence-electron chi connectivity index (χ2n) is 11.1. The Morgan fingerprint density at radius 3 is 2.31 bits per heavy atom. The average molecular weight is 505 g/mol. The molecular formula is C28H41ClN2O4. The first-order chi connectivity index (χ1) is 16.8. The van der Waals surface area contributed by atoms with Gasteiger partial charge < -0.3 is 19.6 Å². The lowest BCUT2D eigenvalue weighted by molar-refractivity contribution is -0.145. The van der Waals surface area contributed by atoms with Crippen LogP contribution in [-0.4, -0.2) is 65.6 Å². The Morgan fingerprint density at radius 1 is 1.00 bits per heavy atom. The molecule has 1 aromatic carbocycles. The zero-order valence-electron chi connectivity index (χ0n) is 21.4. The van der Waals surface area contributed by atoms with Gasteiger partial charge in [-0.1, -0.05) is 30.9 Å². The van der Waals surface area contributed by atoms with Crippen molar-refractivity contribution in [3.8, 4) is 5.75 Å². The van der Waals surface area contributed by atoms with E-state index in [1.165, 1.54) is 6.42 Å².